The topological polar surface area (TPSA) is 54.2 Å². The van der Waals surface area contributed by atoms with Crippen molar-refractivity contribution in [3.05, 3.63) is 46.0 Å². The molecule has 1 aliphatic heterocycles. The molecule has 1 N–H and O–H groups in total. The van der Waals surface area contributed by atoms with Crippen molar-refractivity contribution in [2.24, 2.45) is 0 Å². The van der Waals surface area contributed by atoms with E-state index in [1.165, 1.54) is 5.56 Å². The van der Waals surface area contributed by atoms with Gasteiger partial charge in [-0.15, -0.1) is 0 Å². The van der Waals surface area contributed by atoms with Gasteiger partial charge in [-0.05, 0) is 37.6 Å². The average molecular weight is 363 g/mol. The molecule has 0 bridgehead atoms. The second kappa shape index (κ2) is 5.44. The highest BCUT2D eigenvalue weighted by atomic mass is 79.9. The van der Waals surface area contributed by atoms with E-state index in [1.54, 1.807) is 0 Å². The minimum Gasteiger partial charge on any atom is -0.338 e. The molecule has 4 rings (SSSR count). The van der Waals surface area contributed by atoms with Crippen LogP contribution in [0.15, 0.2) is 33.3 Å². The summed E-state index contributed by atoms with van der Waals surface area (Å²) in [5, 5.41) is 7.66. The van der Waals surface area contributed by atoms with Gasteiger partial charge in [-0.2, -0.15) is 4.98 Å². The fourth-order valence-electron chi connectivity index (χ4n) is 3.20. The number of halogens is 1. The molecule has 2 fully saturated rings. The number of likely N-dealkylation sites (N-methyl/N-ethyl adjacent to an activating group) is 1. The van der Waals surface area contributed by atoms with Gasteiger partial charge in [0.15, 0.2) is 5.82 Å². The minimum absolute atomic E-state index is 0.0737. The molecule has 2 aromatic rings. The normalized spacial score (nSPS) is 24.4. The van der Waals surface area contributed by atoms with E-state index in [0.29, 0.717) is 0 Å². The van der Waals surface area contributed by atoms with Gasteiger partial charge in [-0.3, -0.25) is 4.90 Å². The van der Waals surface area contributed by atoms with Crippen LogP contribution in [0.2, 0.25) is 0 Å². The van der Waals surface area contributed by atoms with Gasteiger partial charge in [0.05, 0.1) is 11.5 Å². The molecule has 6 heteroatoms. The van der Waals surface area contributed by atoms with Crippen LogP contribution in [0.3, 0.4) is 0 Å². The largest absolute Gasteiger partial charge is 0.338 e. The summed E-state index contributed by atoms with van der Waals surface area (Å²) >= 11 is 3.55. The summed E-state index contributed by atoms with van der Waals surface area (Å²) in [7, 11) is 2.11. The first-order valence-electron chi connectivity index (χ1n) is 7.70. The fraction of sp³-hybridized carbons (Fsp3) is 0.500. The van der Waals surface area contributed by atoms with Gasteiger partial charge in [0.2, 0.25) is 5.89 Å². The fourth-order valence-corrected chi connectivity index (χ4v) is 3.60. The first kappa shape index (κ1) is 14.4. The Kier molecular flexibility index (Phi) is 3.55. The Morgan fingerprint density at radius 1 is 1.41 bits per heavy atom. The van der Waals surface area contributed by atoms with E-state index in [1.807, 2.05) is 6.07 Å². The van der Waals surface area contributed by atoms with E-state index < -0.39 is 0 Å². The Morgan fingerprint density at radius 3 is 3.00 bits per heavy atom. The zero-order valence-electron chi connectivity index (χ0n) is 12.6. The van der Waals surface area contributed by atoms with Crippen LogP contribution in [-0.4, -0.2) is 41.7 Å². The molecule has 22 heavy (non-hydrogen) atoms. The predicted molar refractivity (Wildman–Crippen MR) is 86.7 cm³/mol. The van der Waals surface area contributed by atoms with Crippen LogP contribution < -0.4 is 5.32 Å². The summed E-state index contributed by atoms with van der Waals surface area (Å²) in [5.41, 5.74) is 1.18. The zero-order valence-corrected chi connectivity index (χ0v) is 14.1. The summed E-state index contributed by atoms with van der Waals surface area (Å²) in [6.45, 7) is 2.89. The zero-order chi connectivity index (χ0) is 15.2. The molecule has 0 spiro atoms. The van der Waals surface area contributed by atoms with Gasteiger partial charge in [0, 0.05) is 24.1 Å². The first-order chi connectivity index (χ1) is 10.7. The lowest BCUT2D eigenvalue weighted by Gasteiger charge is -2.30. The maximum Gasteiger partial charge on any atom is 0.237 e. The number of piperazine rings is 1. The summed E-state index contributed by atoms with van der Waals surface area (Å²) in [6, 6.07) is 8.61. The molecule has 5 nitrogen and oxygen atoms in total. The lowest BCUT2D eigenvalue weighted by Crippen LogP contribution is -2.44. The van der Waals surface area contributed by atoms with E-state index in [9.17, 15) is 0 Å². The first-order valence-corrected chi connectivity index (χ1v) is 8.49. The van der Waals surface area contributed by atoms with Gasteiger partial charge in [0.1, 0.15) is 0 Å². The monoisotopic (exact) mass is 362 g/mol. The Morgan fingerprint density at radius 2 is 2.27 bits per heavy atom. The van der Waals surface area contributed by atoms with Crippen LogP contribution in [0.1, 0.15) is 36.2 Å². The van der Waals surface area contributed by atoms with Gasteiger partial charge >= 0.3 is 0 Å². The van der Waals surface area contributed by atoms with Crippen LogP contribution in [0.5, 0.6) is 0 Å². The third kappa shape index (κ3) is 2.39. The molecule has 2 aliphatic rings. The molecule has 1 unspecified atom stereocenters. The standard InChI is InChI=1S/C16H19BrN4O/c1-21-8-7-18-10-13(21)14-19-15(22-20-14)16(5-6-16)11-3-2-4-12(17)9-11/h2-4,9,13,18H,5-8,10H2,1H3. The van der Waals surface area contributed by atoms with Gasteiger partial charge in [-0.25, -0.2) is 0 Å². The smallest absolute Gasteiger partial charge is 0.237 e. The molecule has 0 amide bonds. The quantitative estimate of drug-likeness (QED) is 0.908. The van der Waals surface area contributed by atoms with E-state index in [0.717, 1.165) is 48.7 Å². The molecule has 2 heterocycles. The summed E-state index contributed by atoms with van der Waals surface area (Å²) in [5.74, 6) is 1.56. The lowest BCUT2D eigenvalue weighted by atomic mass is 9.96. The predicted octanol–water partition coefficient (Wildman–Crippen LogP) is 2.49. The van der Waals surface area contributed by atoms with E-state index in [4.69, 9.17) is 9.51 Å². The summed E-state index contributed by atoms with van der Waals surface area (Å²) in [4.78, 5) is 7.03. The average Bonchev–Trinajstić information content (AvgIpc) is 3.19. The molecule has 1 atom stereocenters. The van der Waals surface area contributed by atoms with Crippen molar-refractivity contribution < 1.29 is 4.52 Å². The van der Waals surface area contributed by atoms with Crippen molar-refractivity contribution in [1.29, 1.82) is 0 Å². The van der Waals surface area contributed by atoms with Crippen molar-refractivity contribution in [3.63, 3.8) is 0 Å². The molecule has 1 saturated carbocycles. The Balaban J connectivity index is 1.64. The van der Waals surface area contributed by atoms with Crippen molar-refractivity contribution in [3.8, 4) is 0 Å². The third-order valence-corrected chi connectivity index (χ3v) is 5.28. The van der Waals surface area contributed by atoms with E-state index in [2.05, 4.69) is 56.6 Å². The molecule has 1 saturated heterocycles. The van der Waals surface area contributed by atoms with Crippen molar-refractivity contribution in [1.82, 2.24) is 20.4 Å². The van der Waals surface area contributed by atoms with Crippen molar-refractivity contribution in [2.75, 3.05) is 26.7 Å². The van der Waals surface area contributed by atoms with Crippen LogP contribution in [0, 0.1) is 0 Å². The van der Waals surface area contributed by atoms with Gasteiger partial charge in [-0.1, -0.05) is 33.2 Å². The maximum absolute atomic E-state index is 5.66. The number of hydrogen-bond acceptors (Lipinski definition) is 5. The number of nitrogens with one attached hydrogen (secondary N) is 1. The number of benzene rings is 1. The summed E-state index contributed by atoms with van der Waals surface area (Å²) in [6.07, 6.45) is 2.15. The van der Waals surface area contributed by atoms with E-state index >= 15 is 0 Å². The highest BCUT2D eigenvalue weighted by molar-refractivity contribution is 9.10. The van der Waals surface area contributed by atoms with Crippen molar-refractivity contribution in [2.45, 2.75) is 24.3 Å². The van der Waals surface area contributed by atoms with Crippen molar-refractivity contribution >= 4 is 15.9 Å². The summed E-state index contributed by atoms with van der Waals surface area (Å²) < 4.78 is 6.75. The van der Waals surface area contributed by atoms with Crippen LogP contribution in [0.4, 0.5) is 0 Å². The molecule has 1 aliphatic carbocycles. The second-order valence-electron chi connectivity index (χ2n) is 6.25. The third-order valence-electron chi connectivity index (χ3n) is 4.79. The SMILES string of the molecule is CN1CCNCC1c1noc(C2(c3cccc(Br)c3)CC2)n1. The molecule has 1 aromatic heterocycles. The van der Waals surface area contributed by atoms with Crippen LogP contribution >= 0.6 is 15.9 Å². The van der Waals surface area contributed by atoms with Crippen LogP contribution in [0.25, 0.3) is 0 Å². The lowest BCUT2D eigenvalue weighted by molar-refractivity contribution is 0.190. The number of hydrogen-bond donors (Lipinski definition) is 1. The van der Waals surface area contributed by atoms with Gasteiger partial charge < -0.3 is 9.84 Å². The Bertz CT molecular complexity index is 682. The molecular formula is C16H19BrN4O. The Hall–Kier alpha value is -1.24. The number of aromatic nitrogens is 2. The van der Waals surface area contributed by atoms with E-state index in [-0.39, 0.29) is 11.5 Å². The maximum atomic E-state index is 5.66. The highest BCUT2D eigenvalue weighted by Crippen LogP contribution is 2.53. The highest BCUT2D eigenvalue weighted by Gasteiger charge is 2.51. The number of rotatable bonds is 3. The second-order valence-corrected chi connectivity index (χ2v) is 7.17. The number of nitrogens with zero attached hydrogens (tertiary/aromatic N) is 3. The molecule has 116 valence electrons. The molecular weight excluding hydrogens is 344 g/mol. The van der Waals surface area contributed by atoms with Gasteiger partial charge in [0.25, 0.3) is 0 Å². The Labute approximate surface area is 138 Å². The molecule has 0 radical (unpaired) electrons. The molecule has 1 aromatic carbocycles. The minimum atomic E-state index is -0.0737. The van der Waals surface area contributed by atoms with Crippen LogP contribution in [-0.2, 0) is 5.41 Å².